The summed E-state index contributed by atoms with van der Waals surface area (Å²) in [6.45, 7) is 3.01. The summed E-state index contributed by atoms with van der Waals surface area (Å²) in [5.74, 6) is 1.90. The van der Waals surface area contributed by atoms with Crippen LogP contribution in [0.25, 0.3) is 0 Å². The molecule has 0 bridgehead atoms. The molecule has 1 aliphatic heterocycles. The summed E-state index contributed by atoms with van der Waals surface area (Å²) >= 11 is 0. The molecule has 0 radical (unpaired) electrons. The molecule has 2 N–H and O–H groups in total. The maximum Gasteiger partial charge on any atom is 0.190 e. The first-order valence-electron chi connectivity index (χ1n) is 7.42. The highest BCUT2D eigenvalue weighted by molar-refractivity contribution is 5.79. The SMILES string of the molecule is CN=C(NC)NCc1ccc(N2CCCCCC2)nc1. The minimum absolute atomic E-state index is 0.737. The summed E-state index contributed by atoms with van der Waals surface area (Å²) in [5.41, 5.74) is 1.17. The van der Waals surface area contributed by atoms with E-state index in [0.29, 0.717) is 0 Å². The molecule has 0 amide bonds. The van der Waals surface area contributed by atoms with Gasteiger partial charge in [-0.15, -0.1) is 0 Å². The van der Waals surface area contributed by atoms with Crippen molar-refractivity contribution in [3.05, 3.63) is 23.9 Å². The van der Waals surface area contributed by atoms with E-state index in [-0.39, 0.29) is 0 Å². The smallest absolute Gasteiger partial charge is 0.190 e. The third kappa shape index (κ3) is 4.11. The minimum atomic E-state index is 0.737. The molecular formula is C15H25N5. The molecule has 0 aliphatic carbocycles. The molecule has 2 heterocycles. The second-order valence-electron chi connectivity index (χ2n) is 5.10. The number of nitrogens with zero attached hydrogens (tertiary/aromatic N) is 3. The van der Waals surface area contributed by atoms with Gasteiger partial charge in [0.15, 0.2) is 5.96 Å². The first kappa shape index (κ1) is 14.6. The molecule has 5 heteroatoms. The maximum atomic E-state index is 4.60. The van der Waals surface area contributed by atoms with Crippen molar-refractivity contribution in [2.75, 3.05) is 32.1 Å². The van der Waals surface area contributed by atoms with E-state index >= 15 is 0 Å². The van der Waals surface area contributed by atoms with Crippen LogP contribution in [0, 0.1) is 0 Å². The summed E-state index contributed by atoms with van der Waals surface area (Å²) < 4.78 is 0. The quantitative estimate of drug-likeness (QED) is 0.652. The Kier molecular flexibility index (Phi) is 5.65. The number of hydrogen-bond donors (Lipinski definition) is 2. The monoisotopic (exact) mass is 275 g/mol. The van der Waals surface area contributed by atoms with Crippen LogP contribution < -0.4 is 15.5 Å². The van der Waals surface area contributed by atoms with Crippen molar-refractivity contribution in [2.24, 2.45) is 4.99 Å². The first-order valence-corrected chi connectivity index (χ1v) is 7.42. The van der Waals surface area contributed by atoms with Crippen LogP contribution in [0.4, 0.5) is 5.82 Å². The summed E-state index contributed by atoms with van der Waals surface area (Å²) in [5, 5.41) is 6.23. The van der Waals surface area contributed by atoms with Crippen molar-refractivity contribution in [3.63, 3.8) is 0 Å². The number of anilines is 1. The lowest BCUT2D eigenvalue weighted by Gasteiger charge is -2.21. The van der Waals surface area contributed by atoms with Crippen molar-refractivity contribution >= 4 is 11.8 Å². The van der Waals surface area contributed by atoms with Crippen molar-refractivity contribution in [1.29, 1.82) is 0 Å². The normalized spacial score (nSPS) is 16.7. The van der Waals surface area contributed by atoms with E-state index in [9.17, 15) is 0 Å². The van der Waals surface area contributed by atoms with Gasteiger partial charge in [-0.05, 0) is 24.5 Å². The molecule has 20 heavy (non-hydrogen) atoms. The Hall–Kier alpha value is -1.78. The topological polar surface area (TPSA) is 52.6 Å². The maximum absolute atomic E-state index is 4.60. The van der Waals surface area contributed by atoms with Gasteiger partial charge in [-0.3, -0.25) is 4.99 Å². The summed E-state index contributed by atoms with van der Waals surface area (Å²) in [7, 11) is 3.62. The van der Waals surface area contributed by atoms with Crippen LogP contribution in [0.1, 0.15) is 31.2 Å². The molecule has 0 saturated carbocycles. The first-order chi connectivity index (χ1) is 9.83. The zero-order chi connectivity index (χ0) is 14.2. The van der Waals surface area contributed by atoms with Crippen molar-refractivity contribution in [1.82, 2.24) is 15.6 Å². The number of aromatic nitrogens is 1. The lowest BCUT2D eigenvalue weighted by Crippen LogP contribution is -2.34. The van der Waals surface area contributed by atoms with Gasteiger partial charge in [-0.2, -0.15) is 0 Å². The fourth-order valence-electron chi connectivity index (χ4n) is 2.47. The zero-order valence-electron chi connectivity index (χ0n) is 12.5. The molecule has 2 rings (SSSR count). The lowest BCUT2D eigenvalue weighted by atomic mass is 10.2. The number of nitrogens with one attached hydrogen (secondary N) is 2. The molecule has 0 atom stereocenters. The third-order valence-corrected chi connectivity index (χ3v) is 3.66. The fourth-order valence-corrected chi connectivity index (χ4v) is 2.47. The zero-order valence-corrected chi connectivity index (χ0v) is 12.5. The number of guanidine groups is 1. The van der Waals surface area contributed by atoms with Gasteiger partial charge in [-0.1, -0.05) is 18.9 Å². The molecule has 1 aromatic rings. The van der Waals surface area contributed by atoms with E-state index in [0.717, 1.165) is 31.4 Å². The Morgan fingerprint density at radius 2 is 2.00 bits per heavy atom. The second-order valence-corrected chi connectivity index (χ2v) is 5.10. The van der Waals surface area contributed by atoms with Crippen molar-refractivity contribution < 1.29 is 0 Å². The highest BCUT2D eigenvalue weighted by atomic mass is 15.2. The number of hydrogen-bond acceptors (Lipinski definition) is 3. The van der Waals surface area contributed by atoms with Crippen LogP contribution >= 0.6 is 0 Å². The average molecular weight is 275 g/mol. The van der Waals surface area contributed by atoms with Gasteiger partial charge in [0.25, 0.3) is 0 Å². The van der Waals surface area contributed by atoms with Crippen LogP contribution in [0.5, 0.6) is 0 Å². The molecule has 0 aromatic carbocycles. The second kappa shape index (κ2) is 7.72. The highest BCUT2D eigenvalue weighted by Crippen LogP contribution is 2.17. The van der Waals surface area contributed by atoms with E-state index in [1.165, 1.54) is 31.2 Å². The Balaban J connectivity index is 1.92. The fraction of sp³-hybridized carbons (Fsp3) is 0.600. The largest absolute Gasteiger partial charge is 0.359 e. The van der Waals surface area contributed by atoms with Crippen molar-refractivity contribution in [3.8, 4) is 0 Å². The molecule has 1 fully saturated rings. The summed E-state index contributed by atoms with van der Waals surface area (Å²) in [4.78, 5) is 11.1. The standard InChI is InChI=1S/C15H25N5/c1-16-15(17-2)19-12-13-7-8-14(18-11-13)20-9-5-3-4-6-10-20/h7-8,11H,3-6,9-10,12H2,1-2H3,(H2,16,17,19). The Labute approximate surface area is 121 Å². The van der Waals surface area contributed by atoms with E-state index in [1.807, 2.05) is 13.2 Å². The summed E-state index contributed by atoms with van der Waals surface area (Å²) in [6, 6.07) is 4.27. The predicted octanol–water partition coefficient (Wildman–Crippen LogP) is 1.76. The molecule has 0 unspecified atom stereocenters. The Morgan fingerprint density at radius 1 is 1.25 bits per heavy atom. The number of rotatable bonds is 3. The van der Waals surface area contributed by atoms with E-state index < -0.39 is 0 Å². The van der Waals surface area contributed by atoms with Gasteiger partial charge < -0.3 is 15.5 Å². The van der Waals surface area contributed by atoms with E-state index in [1.54, 1.807) is 7.05 Å². The van der Waals surface area contributed by atoms with Crippen LogP contribution in [0.2, 0.25) is 0 Å². The minimum Gasteiger partial charge on any atom is -0.359 e. The van der Waals surface area contributed by atoms with Gasteiger partial charge in [-0.25, -0.2) is 4.98 Å². The van der Waals surface area contributed by atoms with Crippen LogP contribution in [0.3, 0.4) is 0 Å². The van der Waals surface area contributed by atoms with Gasteiger partial charge in [0.05, 0.1) is 0 Å². The molecule has 0 spiro atoms. The van der Waals surface area contributed by atoms with Crippen LogP contribution in [-0.2, 0) is 6.54 Å². The van der Waals surface area contributed by atoms with Gasteiger partial charge in [0, 0.05) is 39.9 Å². The third-order valence-electron chi connectivity index (χ3n) is 3.66. The van der Waals surface area contributed by atoms with Gasteiger partial charge >= 0.3 is 0 Å². The number of pyridine rings is 1. The number of aliphatic imine (C=N–C) groups is 1. The molecular weight excluding hydrogens is 250 g/mol. The van der Waals surface area contributed by atoms with E-state index in [4.69, 9.17) is 0 Å². The molecule has 1 aliphatic rings. The predicted molar refractivity (Wildman–Crippen MR) is 84.2 cm³/mol. The molecule has 1 aromatic heterocycles. The molecule has 1 saturated heterocycles. The Bertz CT molecular complexity index is 418. The van der Waals surface area contributed by atoms with Crippen molar-refractivity contribution in [2.45, 2.75) is 32.2 Å². The Morgan fingerprint density at radius 3 is 2.55 bits per heavy atom. The van der Waals surface area contributed by atoms with Gasteiger partial charge in [0.1, 0.15) is 5.82 Å². The van der Waals surface area contributed by atoms with E-state index in [2.05, 4.69) is 37.6 Å². The summed E-state index contributed by atoms with van der Waals surface area (Å²) in [6.07, 6.45) is 7.21. The average Bonchev–Trinajstić information content (AvgIpc) is 2.78. The van der Waals surface area contributed by atoms with Gasteiger partial charge in [0.2, 0.25) is 0 Å². The highest BCUT2D eigenvalue weighted by Gasteiger charge is 2.10. The van der Waals surface area contributed by atoms with Crippen LogP contribution in [0.15, 0.2) is 23.3 Å². The molecule has 110 valence electrons. The van der Waals surface area contributed by atoms with Crippen LogP contribution in [-0.4, -0.2) is 38.1 Å². The molecule has 5 nitrogen and oxygen atoms in total. The lowest BCUT2D eigenvalue weighted by molar-refractivity contribution is 0.726.